The minimum absolute atomic E-state index is 0.431. The summed E-state index contributed by atoms with van der Waals surface area (Å²) < 4.78 is 0. The molecule has 2 heteroatoms. The second-order valence-electron chi connectivity index (χ2n) is 2.05. The van der Waals surface area contributed by atoms with Gasteiger partial charge in [0.25, 0.3) is 0 Å². The summed E-state index contributed by atoms with van der Waals surface area (Å²) in [6, 6.07) is 0. The Morgan fingerprint density at radius 2 is 2.25 bits per heavy atom. The van der Waals surface area contributed by atoms with Crippen LogP contribution in [0.4, 0.5) is 0 Å². The Morgan fingerprint density at radius 1 is 1.75 bits per heavy atom. The molecular weight excluding hydrogens is 100 g/mol. The molecule has 48 valence electrons. The van der Waals surface area contributed by atoms with Gasteiger partial charge in [0.1, 0.15) is 0 Å². The summed E-state index contributed by atoms with van der Waals surface area (Å²) >= 11 is 0. The second kappa shape index (κ2) is 3.50. The molecule has 0 aliphatic rings. The lowest BCUT2D eigenvalue weighted by atomic mass is 10.1. The van der Waals surface area contributed by atoms with E-state index in [2.05, 4.69) is 6.92 Å². The predicted octanol–water partition coefficient (Wildman–Crippen LogP) is 0.444. The van der Waals surface area contributed by atoms with Crippen LogP contribution in [0.1, 0.15) is 13.8 Å². The van der Waals surface area contributed by atoms with E-state index in [-0.39, 0.29) is 0 Å². The van der Waals surface area contributed by atoms with Gasteiger partial charge >= 0.3 is 0 Å². The second-order valence-corrected chi connectivity index (χ2v) is 2.05. The van der Waals surface area contributed by atoms with Crippen molar-refractivity contribution in [2.75, 3.05) is 6.54 Å². The highest BCUT2D eigenvalue weighted by Crippen LogP contribution is 2.03. The van der Waals surface area contributed by atoms with Gasteiger partial charge in [-0.1, -0.05) is 12.5 Å². The van der Waals surface area contributed by atoms with E-state index < -0.39 is 0 Å². The van der Waals surface area contributed by atoms with Crippen LogP contribution in [-0.4, -0.2) is 6.54 Å². The first-order valence-electron chi connectivity index (χ1n) is 2.80. The Kier molecular flexibility index (Phi) is 3.28. The summed E-state index contributed by atoms with van der Waals surface area (Å²) in [5.74, 6) is 0.431. The number of hydrogen-bond donors (Lipinski definition) is 2. The van der Waals surface area contributed by atoms with Crippen LogP contribution in [0.25, 0.3) is 0 Å². The molecule has 0 rings (SSSR count). The minimum Gasteiger partial charge on any atom is -0.405 e. The lowest BCUT2D eigenvalue weighted by Gasteiger charge is -2.05. The average Bonchev–Trinajstić information content (AvgIpc) is 1.84. The van der Waals surface area contributed by atoms with Gasteiger partial charge in [0.05, 0.1) is 0 Å². The average molecular weight is 114 g/mol. The molecule has 0 aromatic rings. The molecule has 8 heavy (non-hydrogen) atoms. The molecule has 0 aromatic heterocycles. The molecule has 0 aliphatic heterocycles. The minimum atomic E-state index is 0.431. The molecular formula is C6H14N2. The van der Waals surface area contributed by atoms with Crippen molar-refractivity contribution in [2.24, 2.45) is 17.4 Å². The molecule has 1 unspecified atom stereocenters. The molecule has 0 radical (unpaired) electrons. The molecule has 0 heterocycles. The lowest BCUT2D eigenvalue weighted by Crippen LogP contribution is -2.12. The SMILES string of the molecule is C/C(=C/N)C(C)CN. The summed E-state index contributed by atoms with van der Waals surface area (Å²) in [6.45, 7) is 4.72. The normalized spacial score (nSPS) is 16.1. The summed E-state index contributed by atoms with van der Waals surface area (Å²) in [5, 5.41) is 0. The van der Waals surface area contributed by atoms with Gasteiger partial charge in [-0.05, 0) is 25.6 Å². The number of hydrogen-bond acceptors (Lipinski definition) is 2. The first kappa shape index (κ1) is 7.50. The third-order valence-electron chi connectivity index (χ3n) is 1.39. The van der Waals surface area contributed by atoms with Crippen molar-refractivity contribution >= 4 is 0 Å². The topological polar surface area (TPSA) is 52.0 Å². The van der Waals surface area contributed by atoms with E-state index in [9.17, 15) is 0 Å². The van der Waals surface area contributed by atoms with Gasteiger partial charge in [-0.25, -0.2) is 0 Å². The van der Waals surface area contributed by atoms with Crippen LogP contribution in [0.3, 0.4) is 0 Å². The van der Waals surface area contributed by atoms with Crippen LogP contribution < -0.4 is 11.5 Å². The van der Waals surface area contributed by atoms with E-state index >= 15 is 0 Å². The molecule has 2 nitrogen and oxygen atoms in total. The smallest absolute Gasteiger partial charge is 0.00136 e. The van der Waals surface area contributed by atoms with Gasteiger partial charge < -0.3 is 11.5 Å². The van der Waals surface area contributed by atoms with Gasteiger partial charge in [0.2, 0.25) is 0 Å². The maximum atomic E-state index is 5.35. The van der Waals surface area contributed by atoms with Gasteiger partial charge in [0.15, 0.2) is 0 Å². The third kappa shape index (κ3) is 1.98. The Hall–Kier alpha value is -0.500. The van der Waals surface area contributed by atoms with Gasteiger partial charge in [0, 0.05) is 0 Å². The molecule has 0 aromatic carbocycles. The van der Waals surface area contributed by atoms with Crippen molar-refractivity contribution in [3.63, 3.8) is 0 Å². The van der Waals surface area contributed by atoms with Crippen LogP contribution in [0.15, 0.2) is 11.8 Å². The fourth-order valence-electron chi connectivity index (χ4n) is 0.350. The molecule has 0 amide bonds. The maximum absolute atomic E-state index is 5.35. The Morgan fingerprint density at radius 3 is 2.38 bits per heavy atom. The van der Waals surface area contributed by atoms with E-state index in [1.807, 2.05) is 6.92 Å². The molecule has 0 bridgehead atoms. The van der Waals surface area contributed by atoms with Crippen molar-refractivity contribution in [1.29, 1.82) is 0 Å². The highest BCUT2D eigenvalue weighted by atomic mass is 14.6. The van der Waals surface area contributed by atoms with Crippen LogP contribution in [0, 0.1) is 5.92 Å². The molecule has 4 N–H and O–H groups in total. The maximum Gasteiger partial charge on any atom is -0.00136 e. The first-order chi connectivity index (χ1) is 3.72. The molecule has 0 saturated carbocycles. The number of nitrogens with two attached hydrogens (primary N) is 2. The van der Waals surface area contributed by atoms with Crippen LogP contribution in [-0.2, 0) is 0 Å². The van der Waals surface area contributed by atoms with Gasteiger partial charge in [-0.15, -0.1) is 0 Å². The van der Waals surface area contributed by atoms with E-state index in [4.69, 9.17) is 11.5 Å². The van der Waals surface area contributed by atoms with Crippen molar-refractivity contribution in [2.45, 2.75) is 13.8 Å². The van der Waals surface area contributed by atoms with Crippen molar-refractivity contribution < 1.29 is 0 Å². The standard InChI is InChI=1S/C6H14N2/c1-5(3-7)6(2)4-8/h3,6H,4,7-8H2,1-2H3/b5-3-. The quantitative estimate of drug-likeness (QED) is 0.547. The zero-order valence-corrected chi connectivity index (χ0v) is 5.52. The van der Waals surface area contributed by atoms with Crippen LogP contribution >= 0.6 is 0 Å². The van der Waals surface area contributed by atoms with E-state index in [0.717, 1.165) is 5.57 Å². The van der Waals surface area contributed by atoms with Crippen molar-refractivity contribution in [3.8, 4) is 0 Å². The molecule has 1 atom stereocenters. The number of rotatable bonds is 2. The molecule has 0 saturated heterocycles. The summed E-state index contributed by atoms with van der Waals surface area (Å²) in [4.78, 5) is 0. The van der Waals surface area contributed by atoms with Crippen molar-refractivity contribution in [1.82, 2.24) is 0 Å². The fourth-order valence-corrected chi connectivity index (χ4v) is 0.350. The van der Waals surface area contributed by atoms with E-state index in [1.54, 1.807) is 6.20 Å². The Bertz CT molecular complexity index is 86.5. The molecule has 0 spiro atoms. The summed E-state index contributed by atoms with van der Waals surface area (Å²) in [6.07, 6.45) is 1.61. The lowest BCUT2D eigenvalue weighted by molar-refractivity contribution is 0.691. The largest absolute Gasteiger partial charge is 0.405 e. The Labute approximate surface area is 50.6 Å². The first-order valence-corrected chi connectivity index (χ1v) is 2.80. The van der Waals surface area contributed by atoms with E-state index in [0.29, 0.717) is 12.5 Å². The predicted molar refractivity (Wildman–Crippen MR) is 36.2 cm³/mol. The van der Waals surface area contributed by atoms with Gasteiger partial charge in [-0.3, -0.25) is 0 Å². The van der Waals surface area contributed by atoms with Crippen molar-refractivity contribution in [3.05, 3.63) is 11.8 Å². The highest BCUT2D eigenvalue weighted by molar-refractivity contribution is 4.99. The van der Waals surface area contributed by atoms with Crippen LogP contribution in [0.5, 0.6) is 0 Å². The Balaban J connectivity index is 3.63. The van der Waals surface area contributed by atoms with Gasteiger partial charge in [-0.2, -0.15) is 0 Å². The summed E-state index contributed by atoms with van der Waals surface area (Å²) in [7, 11) is 0. The zero-order valence-electron chi connectivity index (χ0n) is 5.52. The third-order valence-corrected chi connectivity index (χ3v) is 1.39. The highest BCUT2D eigenvalue weighted by Gasteiger charge is 1.97. The van der Waals surface area contributed by atoms with Crippen LogP contribution in [0.2, 0.25) is 0 Å². The zero-order chi connectivity index (χ0) is 6.57. The fraction of sp³-hybridized carbons (Fsp3) is 0.667. The monoisotopic (exact) mass is 114 g/mol. The summed E-state index contributed by atoms with van der Waals surface area (Å²) in [5.41, 5.74) is 11.7. The molecule has 0 aliphatic carbocycles. The van der Waals surface area contributed by atoms with E-state index in [1.165, 1.54) is 0 Å². The molecule has 0 fully saturated rings.